The average molecular weight is 429 g/mol. The van der Waals surface area contributed by atoms with E-state index < -0.39 is 17.8 Å². The smallest absolute Gasteiger partial charge is 0.363 e. The first-order valence-electron chi connectivity index (χ1n) is 9.79. The van der Waals surface area contributed by atoms with Crippen molar-refractivity contribution >= 4 is 28.8 Å². The Morgan fingerprint density at radius 2 is 1.72 bits per heavy atom. The number of hydrogen-bond acceptors (Lipinski definition) is 7. The summed E-state index contributed by atoms with van der Waals surface area (Å²) >= 11 is 0. The number of carbonyl (C=O) groups excluding carboxylic acids is 3. The number of benzene rings is 3. The minimum absolute atomic E-state index is 0.00195. The Bertz CT molecular complexity index is 1440. The SMILES string of the molecule is O=C(ON1C(=O)CCC1=O)c1cccc(-c2c3ccc(=O)cc-3oc3cc(O)ccc23)c1. The molecule has 8 heteroatoms. The van der Waals surface area contributed by atoms with Crippen molar-refractivity contribution in [1.82, 2.24) is 5.06 Å². The zero-order valence-electron chi connectivity index (χ0n) is 16.5. The molecule has 0 radical (unpaired) electrons. The monoisotopic (exact) mass is 429 g/mol. The Morgan fingerprint density at radius 3 is 2.50 bits per heavy atom. The largest absolute Gasteiger partial charge is 0.508 e. The second kappa shape index (κ2) is 7.35. The second-order valence-corrected chi connectivity index (χ2v) is 7.36. The number of amides is 2. The molecule has 5 rings (SSSR count). The highest BCUT2D eigenvalue weighted by Gasteiger charge is 2.33. The van der Waals surface area contributed by atoms with Gasteiger partial charge in [-0.05, 0) is 42.0 Å². The highest BCUT2D eigenvalue weighted by Crippen LogP contribution is 2.40. The summed E-state index contributed by atoms with van der Waals surface area (Å²) in [7, 11) is 0. The molecule has 0 unspecified atom stereocenters. The van der Waals surface area contributed by atoms with Gasteiger partial charge in [-0.25, -0.2) is 4.79 Å². The quantitative estimate of drug-likeness (QED) is 0.392. The van der Waals surface area contributed by atoms with Crippen LogP contribution in [0.25, 0.3) is 33.4 Å². The fraction of sp³-hybridized carbons (Fsp3) is 0.0833. The van der Waals surface area contributed by atoms with Gasteiger partial charge < -0.3 is 14.4 Å². The molecule has 158 valence electrons. The number of phenolic OH excluding ortho intramolecular Hbond substituents is 1. The van der Waals surface area contributed by atoms with Gasteiger partial charge in [-0.15, -0.1) is 5.06 Å². The zero-order chi connectivity index (χ0) is 22.4. The number of hydroxylamine groups is 2. The van der Waals surface area contributed by atoms with E-state index in [0.29, 0.717) is 38.5 Å². The molecule has 32 heavy (non-hydrogen) atoms. The normalized spacial score (nSPS) is 13.8. The summed E-state index contributed by atoms with van der Waals surface area (Å²) in [5, 5.41) is 11.0. The lowest BCUT2D eigenvalue weighted by molar-refractivity contribution is -0.172. The number of fused-ring (bicyclic) bond motifs is 2. The summed E-state index contributed by atoms with van der Waals surface area (Å²) in [6, 6.07) is 15.5. The average Bonchev–Trinajstić information content (AvgIpc) is 3.09. The zero-order valence-corrected chi connectivity index (χ0v) is 16.5. The molecule has 0 aromatic heterocycles. The van der Waals surface area contributed by atoms with Gasteiger partial charge >= 0.3 is 5.97 Å². The van der Waals surface area contributed by atoms with E-state index in [2.05, 4.69) is 0 Å². The molecule has 2 amide bonds. The standard InChI is InChI=1S/C24H15NO7/c26-15-4-6-17-19(11-15)31-20-12-16(27)5-7-18(20)23(17)13-2-1-3-14(10-13)24(30)32-25-21(28)8-9-22(25)29/h1-7,10-12,26H,8-9H2. The van der Waals surface area contributed by atoms with Crippen molar-refractivity contribution < 1.29 is 28.7 Å². The van der Waals surface area contributed by atoms with Crippen molar-refractivity contribution in [2.24, 2.45) is 0 Å². The van der Waals surface area contributed by atoms with Crippen LogP contribution in [-0.4, -0.2) is 28.0 Å². The first-order valence-corrected chi connectivity index (χ1v) is 9.79. The number of rotatable bonds is 3. The summed E-state index contributed by atoms with van der Waals surface area (Å²) in [6.45, 7) is 0. The van der Waals surface area contributed by atoms with Crippen LogP contribution in [0.5, 0.6) is 5.75 Å². The second-order valence-electron chi connectivity index (χ2n) is 7.36. The Kier molecular flexibility index (Phi) is 4.48. The van der Waals surface area contributed by atoms with E-state index in [0.717, 1.165) is 0 Å². The molecule has 2 aromatic carbocycles. The van der Waals surface area contributed by atoms with Crippen molar-refractivity contribution in [2.75, 3.05) is 0 Å². The maximum absolute atomic E-state index is 12.6. The molecule has 1 fully saturated rings. The molecule has 3 aliphatic rings. The molecule has 0 bridgehead atoms. The molecular formula is C24H15NO7. The summed E-state index contributed by atoms with van der Waals surface area (Å²) in [5.74, 6) is -1.64. The summed E-state index contributed by atoms with van der Waals surface area (Å²) in [4.78, 5) is 53.0. The maximum atomic E-state index is 12.6. The molecule has 0 saturated carbocycles. The Morgan fingerprint density at radius 1 is 0.938 bits per heavy atom. The van der Waals surface area contributed by atoms with Crippen LogP contribution in [0.2, 0.25) is 0 Å². The van der Waals surface area contributed by atoms with Crippen LogP contribution in [0.3, 0.4) is 0 Å². The highest BCUT2D eigenvalue weighted by molar-refractivity contribution is 6.05. The first kappa shape index (κ1) is 19.5. The fourth-order valence-corrected chi connectivity index (χ4v) is 3.77. The fourth-order valence-electron chi connectivity index (χ4n) is 3.77. The number of aromatic hydroxyl groups is 1. The molecule has 8 nitrogen and oxygen atoms in total. The van der Waals surface area contributed by atoms with E-state index in [1.165, 1.54) is 30.3 Å². The molecule has 2 heterocycles. The lowest BCUT2D eigenvalue weighted by atomic mass is 9.93. The number of phenols is 1. The van der Waals surface area contributed by atoms with E-state index >= 15 is 0 Å². The molecule has 1 saturated heterocycles. The van der Waals surface area contributed by atoms with Crippen LogP contribution in [0, 0.1) is 0 Å². The minimum atomic E-state index is -0.843. The third-order valence-corrected chi connectivity index (χ3v) is 5.24. The summed E-state index contributed by atoms with van der Waals surface area (Å²) in [5.41, 5.74) is 2.20. The van der Waals surface area contributed by atoms with Gasteiger partial charge in [-0.1, -0.05) is 12.1 Å². The minimum Gasteiger partial charge on any atom is -0.508 e. The number of imide groups is 1. The molecule has 1 aliphatic carbocycles. The molecule has 0 spiro atoms. The molecular weight excluding hydrogens is 414 g/mol. The van der Waals surface area contributed by atoms with E-state index in [-0.39, 0.29) is 29.6 Å². The summed E-state index contributed by atoms with van der Waals surface area (Å²) < 4.78 is 5.83. The lowest BCUT2D eigenvalue weighted by Gasteiger charge is -2.16. The van der Waals surface area contributed by atoms with Crippen molar-refractivity contribution in [3.05, 3.63) is 76.5 Å². The van der Waals surface area contributed by atoms with Crippen LogP contribution in [0.1, 0.15) is 23.2 Å². The number of carbonyl (C=O) groups is 3. The van der Waals surface area contributed by atoms with Gasteiger partial charge in [0, 0.05) is 41.5 Å². The third kappa shape index (κ3) is 3.27. The Hall–Kier alpha value is -4.46. The van der Waals surface area contributed by atoms with E-state index in [1.807, 2.05) is 0 Å². The molecule has 2 aliphatic heterocycles. The topological polar surface area (TPSA) is 114 Å². The van der Waals surface area contributed by atoms with Gasteiger partial charge in [-0.3, -0.25) is 14.4 Å². The first-order chi connectivity index (χ1) is 15.4. The number of nitrogens with zero attached hydrogens (tertiary/aromatic N) is 1. The van der Waals surface area contributed by atoms with Crippen LogP contribution >= 0.6 is 0 Å². The van der Waals surface area contributed by atoms with E-state index in [9.17, 15) is 24.3 Å². The molecule has 0 atom stereocenters. The van der Waals surface area contributed by atoms with E-state index in [4.69, 9.17) is 9.25 Å². The van der Waals surface area contributed by atoms with Gasteiger partial charge in [-0.2, -0.15) is 0 Å². The van der Waals surface area contributed by atoms with Gasteiger partial charge in [0.05, 0.1) is 5.56 Å². The highest BCUT2D eigenvalue weighted by atomic mass is 16.7. The number of hydrogen-bond donors (Lipinski definition) is 1. The van der Waals surface area contributed by atoms with Crippen molar-refractivity contribution in [3.8, 4) is 28.2 Å². The van der Waals surface area contributed by atoms with Crippen molar-refractivity contribution in [3.63, 3.8) is 0 Å². The maximum Gasteiger partial charge on any atom is 0.363 e. The molecule has 2 aromatic rings. The van der Waals surface area contributed by atoms with Gasteiger partial charge in [0.2, 0.25) is 0 Å². The van der Waals surface area contributed by atoms with Crippen molar-refractivity contribution in [1.29, 1.82) is 0 Å². The molecule has 1 N–H and O–H groups in total. The van der Waals surface area contributed by atoms with Gasteiger partial charge in [0.15, 0.2) is 5.43 Å². The van der Waals surface area contributed by atoms with Crippen LogP contribution in [0.15, 0.2) is 69.9 Å². The van der Waals surface area contributed by atoms with Crippen LogP contribution in [0.4, 0.5) is 0 Å². The van der Waals surface area contributed by atoms with Crippen LogP contribution in [-0.2, 0) is 14.4 Å². The van der Waals surface area contributed by atoms with Gasteiger partial charge in [0.25, 0.3) is 11.8 Å². The lowest BCUT2D eigenvalue weighted by Crippen LogP contribution is -2.32. The predicted molar refractivity (Wildman–Crippen MR) is 113 cm³/mol. The Balaban J connectivity index is 1.64. The summed E-state index contributed by atoms with van der Waals surface area (Å²) in [6.07, 6.45) is 0.0123. The van der Waals surface area contributed by atoms with Crippen molar-refractivity contribution in [2.45, 2.75) is 12.8 Å². The predicted octanol–water partition coefficient (Wildman–Crippen LogP) is 3.49. The van der Waals surface area contributed by atoms with Gasteiger partial charge in [0.1, 0.15) is 17.1 Å². The van der Waals surface area contributed by atoms with E-state index in [1.54, 1.807) is 30.3 Å². The third-order valence-electron chi connectivity index (χ3n) is 5.24. The Labute approximate surface area is 180 Å². The van der Waals surface area contributed by atoms with Crippen LogP contribution < -0.4 is 5.43 Å².